The van der Waals surface area contributed by atoms with Crippen LogP contribution in [0.2, 0.25) is 0 Å². The van der Waals surface area contributed by atoms with Gasteiger partial charge in [0.25, 0.3) is 0 Å². The quantitative estimate of drug-likeness (QED) is 0.392. The van der Waals surface area contributed by atoms with Crippen molar-refractivity contribution >= 4 is 17.6 Å². The minimum absolute atomic E-state index is 0.0550. The van der Waals surface area contributed by atoms with E-state index < -0.39 is 17.5 Å². The maximum absolute atomic E-state index is 13.5. The Labute approximate surface area is 200 Å². The minimum Gasteiger partial charge on any atom is -0.497 e. The van der Waals surface area contributed by atoms with E-state index in [2.05, 4.69) is 5.32 Å². The second kappa shape index (κ2) is 9.69. The van der Waals surface area contributed by atoms with Gasteiger partial charge < -0.3 is 14.4 Å². The molecule has 1 saturated heterocycles. The summed E-state index contributed by atoms with van der Waals surface area (Å²) in [6, 6.07) is 25.9. The summed E-state index contributed by atoms with van der Waals surface area (Å²) >= 11 is 0. The van der Waals surface area contributed by atoms with Gasteiger partial charge >= 0.3 is 5.97 Å². The van der Waals surface area contributed by atoms with Gasteiger partial charge in [0.1, 0.15) is 11.8 Å². The molecule has 0 aromatic heterocycles. The summed E-state index contributed by atoms with van der Waals surface area (Å²) in [6.45, 7) is 3.68. The molecule has 3 aromatic rings. The van der Waals surface area contributed by atoms with Crippen LogP contribution < -0.4 is 15.0 Å². The first-order chi connectivity index (χ1) is 16.4. The predicted molar refractivity (Wildman–Crippen MR) is 132 cm³/mol. The number of β-lactam (4-membered cyclic amide) rings is 1. The van der Waals surface area contributed by atoms with Crippen LogP contribution >= 0.6 is 0 Å². The van der Waals surface area contributed by atoms with Crippen molar-refractivity contribution in [3.63, 3.8) is 0 Å². The third kappa shape index (κ3) is 4.29. The van der Waals surface area contributed by atoms with Crippen molar-refractivity contribution in [3.8, 4) is 5.75 Å². The molecule has 0 spiro atoms. The summed E-state index contributed by atoms with van der Waals surface area (Å²) in [4.78, 5) is 28.1. The number of esters is 1. The van der Waals surface area contributed by atoms with E-state index in [4.69, 9.17) is 9.47 Å². The molecule has 4 rings (SSSR count). The molecule has 1 aliphatic rings. The van der Waals surface area contributed by atoms with Gasteiger partial charge in [-0.2, -0.15) is 0 Å². The molecule has 0 aliphatic carbocycles. The number of ether oxygens (including phenoxy) is 2. The Morgan fingerprint density at radius 3 is 2.06 bits per heavy atom. The molecule has 6 heteroatoms. The van der Waals surface area contributed by atoms with Gasteiger partial charge in [0, 0.05) is 11.7 Å². The van der Waals surface area contributed by atoms with E-state index >= 15 is 0 Å². The summed E-state index contributed by atoms with van der Waals surface area (Å²) in [5.41, 5.74) is 1.82. The van der Waals surface area contributed by atoms with Crippen LogP contribution in [0, 0.1) is 5.41 Å². The molecule has 0 unspecified atom stereocenters. The number of nitrogens with one attached hydrogen (secondary N) is 1. The summed E-state index contributed by atoms with van der Waals surface area (Å²) in [5, 5.41) is 3.53. The van der Waals surface area contributed by atoms with Crippen molar-refractivity contribution in [1.82, 2.24) is 5.32 Å². The molecule has 1 fully saturated rings. The van der Waals surface area contributed by atoms with Crippen molar-refractivity contribution in [2.24, 2.45) is 5.41 Å². The largest absolute Gasteiger partial charge is 0.497 e. The van der Waals surface area contributed by atoms with E-state index in [-0.39, 0.29) is 17.9 Å². The van der Waals surface area contributed by atoms with Crippen LogP contribution in [0.5, 0.6) is 5.75 Å². The number of hydrogen-bond acceptors (Lipinski definition) is 5. The van der Waals surface area contributed by atoms with Gasteiger partial charge in [-0.15, -0.1) is 0 Å². The molecule has 0 radical (unpaired) electrons. The number of benzene rings is 3. The lowest BCUT2D eigenvalue weighted by Gasteiger charge is -2.50. The maximum atomic E-state index is 13.5. The Morgan fingerprint density at radius 2 is 1.50 bits per heavy atom. The molecule has 1 amide bonds. The molecule has 34 heavy (non-hydrogen) atoms. The van der Waals surface area contributed by atoms with E-state index in [1.807, 2.05) is 98.8 Å². The van der Waals surface area contributed by atoms with Crippen LogP contribution in [-0.4, -0.2) is 32.1 Å². The molecule has 1 aliphatic heterocycles. The third-order valence-electron chi connectivity index (χ3n) is 6.50. The summed E-state index contributed by atoms with van der Waals surface area (Å²) in [7, 11) is 3.00. The normalized spacial score (nSPS) is 18.7. The van der Waals surface area contributed by atoms with Gasteiger partial charge in [-0.1, -0.05) is 60.7 Å². The van der Waals surface area contributed by atoms with Gasteiger partial charge in [-0.3, -0.25) is 14.9 Å². The number of methoxy groups -OCH3 is 2. The molecule has 0 bridgehead atoms. The highest BCUT2D eigenvalue weighted by atomic mass is 16.5. The Balaban J connectivity index is 1.72. The lowest BCUT2D eigenvalue weighted by molar-refractivity contribution is -0.153. The maximum Gasteiger partial charge on any atom is 0.313 e. The van der Waals surface area contributed by atoms with Crippen LogP contribution in [-0.2, 0) is 14.3 Å². The van der Waals surface area contributed by atoms with Gasteiger partial charge in [-0.25, -0.2) is 0 Å². The van der Waals surface area contributed by atoms with E-state index in [0.29, 0.717) is 0 Å². The number of carbonyl (C=O) groups excluding carboxylic acids is 2. The third-order valence-corrected chi connectivity index (χ3v) is 6.50. The topological polar surface area (TPSA) is 67.9 Å². The first-order valence-electron chi connectivity index (χ1n) is 11.3. The Hall–Kier alpha value is -3.64. The molecule has 0 saturated carbocycles. The zero-order chi connectivity index (χ0) is 24.3. The highest BCUT2D eigenvalue weighted by Crippen LogP contribution is 2.43. The van der Waals surface area contributed by atoms with Crippen molar-refractivity contribution in [1.29, 1.82) is 0 Å². The average molecular weight is 459 g/mol. The van der Waals surface area contributed by atoms with Crippen molar-refractivity contribution < 1.29 is 19.1 Å². The first-order valence-corrected chi connectivity index (χ1v) is 11.3. The number of carbonyl (C=O) groups is 2. The fraction of sp³-hybridized carbons (Fsp3) is 0.286. The smallest absolute Gasteiger partial charge is 0.313 e. The van der Waals surface area contributed by atoms with E-state index in [1.54, 1.807) is 12.0 Å². The molecular formula is C28H30N2O4. The van der Waals surface area contributed by atoms with Gasteiger partial charge in [0.15, 0.2) is 0 Å². The SMILES string of the molecule is COC(=O)C(C)(C)[C@@H](N[C@H]1C(=O)N(c2ccc(OC)cc2)[C@@H]1c1ccccc1)c1ccccc1. The van der Waals surface area contributed by atoms with Crippen LogP contribution in [0.4, 0.5) is 5.69 Å². The zero-order valence-corrected chi connectivity index (χ0v) is 19.9. The van der Waals surface area contributed by atoms with E-state index in [9.17, 15) is 9.59 Å². The van der Waals surface area contributed by atoms with Crippen LogP contribution in [0.15, 0.2) is 84.9 Å². The fourth-order valence-electron chi connectivity index (χ4n) is 4.60. The molecule has 1 N–H and O–H groups in total. The summed E-state index contributed by atoms with van der Waals surface area (Å²) in [6.07, 6.45) is 0. The second-order valence-corrected chi connectivity index (χ2v) is 8.96. The van der Waals surface area contributed by atoms with Crippen molar-refractivity contribution in [3.05, 3.63) is 96.1 Å². The summed E-state index contributed by atoms with van der Waals surface area (Å²) in [5.74, 6) is 0.330. The lowest BCUT2D eigenvalue weighted by atomic mass is 9.78. The van der Waals surface area contributed by atoms with Crippen LogP contribution in [0.3, 0.4) is 0 Å². The Morgan fingerprint density at radius 1 is 0.912 bits per heavy atom. The average Bonchev–Trinajstić information content (AvgIpc) is 2.88. The van der Waals surface area contributed by atoms with Crippen molar-refractivity contribution in [2.75, 3.05) is 19.1 Å². The highest BCUT2D eigenvalue weighted by Gasteiger charge is 2.52. The molecule has 176 valence electrons. The van der Waals surface area contributed by atoms with E-state index in [0.717, 1.165) is 22.6 Å². The Kier molecular flexibility index (Phi) is 6.70. The number of amides is 1. The highest BCUT2D eigenvalue weighted by molar-refractivity contribution is 6.06. The number of anilines is 1. The first kappa shape index (κ1) is 23.5. The lowest BCUT2D eigenvalue weighted by Crippen LogP contribution is -2.66. The van der Waals surface area contributed by atoms with Crippen LogP contribution in [0.25, 0.3) is 0 Å². The van der Waals surface area contributed by atoms with Crippen LogP contribution in [0.1, 0.15) is 37.1 Å². The van der Waals surface area contributed by atoms with Gasteiger partial charge in [-0.05, 0) is 49.2 Å². The monoisotopic (exact) mass is 458 g/mol. The number of nitrogens with zero attached hydrogens (tertiary/aromatic N) is 1. The minimum atomic E-state index is -0.905. The van der Waals surface area contributed by atoms with Crippen molar-refractivity contribution in [2.45, 2.75) is 32.0 Å². The molecule has 1 heterocycles. The predicted octanol–water partition coefficient (Wildman–Crippen LogP) is 4.68. The second-order valence-electron chi connectivity index (χ2n) is 8.96. The summed E-state index contributed by atoms with van der Waals surface area (Å²) < 4.78 is 10.4. The van der Waals surface area contributed by atoms with Gasteiger partial charge in [0.05, 0.1) is 25.7 Å². The number of hydrogen-bond donors (Lipinski definition) is 1. The standard InChI is InChI=1S/C28H30N2O4/c1-28(2,27(32)34-4)25(20-13-9-6-10-14-20)29-23-24(19-11-7-5-8-12-19)30(26(23)31)21-15-17-22(33-3)18-16-21/h5-18,23-25,29H,1-4H3/t23-,24-,25+/m1/s1. The molecule has 3 atom stereocenters. The fourth-order valence-corrected chi connectivity index (χ4v) is 4.60. The Bertz CT molecular complexity index is 1130. The molecule has 6 nitrogen and oxygen atoms in total. The van der Waals surface area contributed by atoms with E-state index in [1.165, 1.54) is 7.11 Å². The van der Waals surface area contributed by atoms with Gasteiger partial charge in [0.2, 0.25) is 5.91 Å². The zero-order valence-electron chi connectivity index (χ0n) is 19.9. The number of rotatable bonds is 8. The molecular weight excluding hydrogens is 428 g/mol. The molecule has 3 aromatic carbocycles.